The Hall–Kier alpha value is -2.29. The molecule has 0 atom stereocenters. The van der Waals surface area contributed by atoms with E-state index in [1.54, 1.807) is 24.3 Å². The van der Waals surface area contributed by atoms with Crippen LogP contribution in [0.4, 0.5) is 0 Å². The van der Waals surface area contributed by atoms with Gasteiger partial charge in [0, 0.05) is 12.8 Å². The Labute approximate surface area is 122 Å². The minimum Gasteiger partial charge on any atom is -0.483 e. The minimum absolute atomic E-state index is 0.0168. The minimum atomic E-state index is -3.12. The Morgan fingerprint density at radius 1 is 1.43 bits per heavy atom. The third kappa shape index (κ3) is 6.13. The molecule has 9 heteroatoms. The summed E-state index contributed by atoms with van der Waals surface area (Å²) in [7, 11) is -3.12. The fourth-order valence-corrected chi connectivity index (χ4v) is 1.90. The lowest BCUT2D eigenvalue weighted by Gasteiger charge is -2.10. The number of benzene rings is 1. The number of carbonyl (C=O) groups excluding carboxylic acids is 1. The smallest absolute Gasteiger partial charge is 0.257 e. The highest BCUT2D eigenvalue weighted by molar-refractivity contribution is 7.90. The molecule has 0 unspecified atom stereocenters. The molecule has 1 aromatic rings. The highest BCUT2D eigenvalue weighted by Gasteiger charge is 2.10. The number of nitrogens with one attached hydrogen (secondary N) is 1. The molecule has 0 aliphatic carbocycles. The predicted molar refractivity (Wildman–Crippen MR) is 77.2 cm³/mol. The Balaban J connectivity index is 2.54. The van der Waals surface area contributed by atoms with Crippen LogP contribution in [0.15, 0.2) is 29.4 Å². The van der Waals surface area contributed by atoms with Crippen molar-refractivity contribution >= 4 is 21.6 Å². The van der Waals surface area contributed by atoms with Crippen LogP contribution >= 0.6 is 0 Å². The number of nitrogens with two attached hydrogens (primary N) is 1. The van der Waals surface area contributed by atoms with Crippen LogP contribution in [-0.2, 0) is 14.6 Å². The topological polar surface area (TPSA) is 131 Å². The van der Waals surface area contributed by atoms with Crippen molar-refractivity contribution in [3.8, 4) is 5.75 Å². The van der Waals surface area contributed by atoms with Gasteiger partial charge in [0.05, 0.1) is 11.3 Å². The van der Waals surface area contributed by atoms with Crippen molar-refractivity contribution in [2.45, 2.75) is 0 Å². The van der Waals surface area contributed by atoms with Gasteiger partial charge in [0.25, 0.3) is 5.91 Å². The number of sulfone groups is 1. The van der Waals surface area contributed by atoms with Gasteiger partial charge < -0.3 is 21.0 Å². The van der Waals surface area contributed by atoms with E-state index in [9.17, 15) is 13.2 Å². The highest BCUT2D eigenvalue weighted by atomic mass is 32.2. The van der Waals surface area contributed by atoms with Gasteiger partial charge in [-0.05, 0) is 12.1 Å². The monoisotopic (exact) mass is 315 g/mol. The van der Waals surface area contributed by atoms with Crippen LogP contribution in [0, 0.1) is 0 Å². The van der Waals surface area contributed by atoms with Gasteiger partial charge in [0.2, 0.25) is 0 Å². The molecule has 0 saturated heterocycles. The van der Waals surface area contributed by atoms with E-state index in [0.29, 0.717) is 5.56 Å². The molecule has 1 aromatic carbocycles. The Bertz CT molecular complexity index is 628. The van der Waals surface area contributed by atoms with Crippen molar-refractivity contribution in [3.63, 3.8) is 0 Å². The van der Waals surface area contributed by atoms with Crippen molar-refractivity contribution in [1.29, 1.82) is 0 Å². The Morgan fingerprint density at radius 2 is 2.10 bits per heavy atom. The summed E-state index contributed by atoms with van der Waals surface area (Å²) in [5, 5.41) is 13.9. The number of hydrogen-bond donors (Lipinski definition) is 3. The molecule has 0 spiro atoms. The van der Waals surface area contributed by atoms with Crippen molar-refractivity contribution in [2.75, 3.05) is 25.2 Å². The van der Waals surface area contributed by atoms with Gasteiger partial charge in [-0.3, -0.25) is 4.79 Å². The molecular formula is C12H17N3O5S. The number of carbonyl (C=O) groups is 1. The van der Waals surface area contributed by atoms with Gasteiger partial charge in [0.1, 0.15) is 15.6 Å². The maximum absolute atomic E-state index is 11.5. The normalized spacial score (nSPS) is 12.0. The fourth-order valence-electron chi connectivity index (χ4n) is 1.43. The Morgan fingerprint density at radius 3 is 2.71 bits per heavy atom. The summed E-state index contributed by atoms with van der Waals surface area (Å²) in [6.45, 7) is -0.289. The average Bonchev–Trinajstić information content (AvgIpc) is 2.43. The number of hydrogen-bond acceptors (Lipinski definition) is 6. The van der Waals surface area contributed by atoms with Crippen molar-refractivity contribution < 1.29 is 23.2 Å². The van der Waals surface area contributed by atoms with Gasteiger partial charge in [-0.1, -0.05) is 17.3 Å². The second kappa shape index (κ2) is 7.48. The summed E-state index contributed by atoms with van der Waals surface area (Å²) in [5.74, 6) is -0.457. The maximum Gasteiger partial charge on any atom is 0.257 e. The van der Waals surface area contributed by atoms with E-state index in [1.165, 1.54) is 0 Å². The van der Waals surface area contributed by atoms with Crippen LogP contribution < -0.4 is 15.8 Å². The quantitative estimate of drug-likeness (QED) is 0.264. The molecule has 0 heterocycles. The van der Waals surface area contributed by atoms with Gasteiger partial charge in [-0.25, -0.2) is 8.42 Å². The molecule has 0 fully saturated rings. The Kier molecular flexibility index (Phi) is 5.97. The number of amidine groups is 1. The summed E-state index contributed by atoms with van der Waals surface area (Å²) in [6, 6.07) is 6.49. The molecular weight excluding hydrogens is 298 g/mol. The van der Waals surface area contributed by atoms with Crippen LogP contribution in [0.5, 0.6) is 5.75 Å². The summed E-state index contributed by atoms with van der Waals surface area (Å²) in [5.41, 5.74) is 5.83. The number of nitrogens with zero attached hydrogens (tertiary/aromatic N) is 1. The van der Waals surface area contributed by atoms with Gasteiger partial charge in [-0.2, -0.15) is 0 Å². The molecule has 1 amide bonds. The number of amides is 1. The first-order chi connectivity index (χ1) is 9.83. The second-order valence-electron chi connectivity index (χ2n) is 4.25. The van der Waals surface area contributed by atoms with Gasteiger partial charge >= 0.3 is 0 Å². The summed E-state index contributed by atoms with van der Waals surface area (Å²) in [4.78, 5) is 11.5. The van der Waals surface area contributed by atoms with Crippen LogP contribution in [-0.4, -0.2) is 50.5 Å². The van der Waals surface area contributed by atoms with E-state index in [1.807, 2.05) is 0 Å². The zero-order valence-corrected chi connectivity index (χ0v) is 12.3. The third-order valence-corrected chi connectivity index (χ3v) is 3.37. The van der Waals surface area contributed by atoms with Crippen LogP contribution in [0.3, 0.4) is 0 Å². The SMILES string of the molecule is CS(=O)(=O)CCNC(=O)COc1ccccc1/C(N)=N/O. The molecule has 0 saturated carbocycles. The average molecular weight is 315 g/mol. The van der Waals surface area contributed by atoms with Crippen molar-refractivity contribution in [3.05, 3.63) is 29.8 Å². The summed E-state index contributed by atoms with van der Waals surface area (Å²) in [6.07, 6.45) is 1.09. The van der Waals surface area contributed by atoms with Crippen LogP contribution in [0.1, 0.15) is 5.56 Å². The van der Waals surface area contributed by atoms with Crippen molar-refractivity contribution in [1.82, 2.24) is 5.32 Å². The standard InChI is InChI=1S/C12H17N3O5S/c1-21(18,19)7-6-14-11(16)8-20-10-5-3-2-4-9(10)12(13)15-17/h2-5,17H,6-8H2,1H3,(H2,13,15)(H,14,16). The molecule has 4 N–H and O–H groups in total. The molecule has 8 nitrogen and oxygen atoms in total. The van der Waals surface area contributed by atoms with E-state index in [-0.39, 0.29) is 30.5 Å². The summed E-state index contributed by atoms with van der Waals surface area (Å²) < 4.78 is 27.1. The van der Waals surface area contributed by atoms with Crippen molar-refractivity contribution in [2.24, 2.45) is 10.9 Å². The lowest BCUT2D eigenvalue weighted by molar-refractivity contribution is -0.122. The number of oxime groups is 1. The first-order valence-corrected chi connectivity index (χ1v) is 8.03. The van der Waals surface area contributed by atoms with E-state index < -0.39 is 15.7 Å². The fraction of sp³-hybridized carbons (Fsp3) is 0.333. The zero-order valence-electron chi connectivity index (χ0n) is 11.4. The number of ether oxygens (including phenoxy) is 1. The number of rotatable bonds is 7. The van der Waals surface area contributed by atoms with Gasteiger partial charge in [0.15, 0.2) is 12.4 Å². The molecule has 21 heavy (non-hydrogen) atoms. The van der Waals surface area contributed by atoms with Gasteiger partial charge in [-0.15, -0.1) is 0 Å². The maximum atomic E-state index is 11.5. The lowest BCUT2D eigenvalue weighted by atomic mass is 10.2. The third-order valence-electron chi connectivity index (χ3n) is 2.42. The molecule has 0 radical (unpaired) electrons. The first kappa shape index (κ1) is 16.8. The molecule has 0 aliphatic heterocycles. The highest BCUT2D eigenvalue weighted by Crippen LogP contribution is 2.17. The number of para-hydroxylation sites is 1. The molecule has 0 aliphatic rings. The van der Waals surface area contributed by atoms with E-state index in [0.717, 1.165) is 6.26 Å². The second-order valence-corrected chi connectivity index (χ2v) is 6.51. The molecule has 116 valence electrons. The molecule has 1 rings (SSSR count). The van der Waals surface area contributed by atoms with E-state index in [4.69, 9.17) is 15.7 Å². The first-order valence-electron chi connectivity index (χ1n) is 5.97. The van der Waals surface area contributed by atoms with Crippen LogP contribution in [0.2, 0.25) is 0 Å². The summed E-state index contributed by atoms with van der Waals surface area (Å²) >= 11 is 0. The molecule has 0 aromatic heterocycles. The van der Waals surface area contributed by atoms with Crippen LogP contribution in [0.25, 0.3) is 0 Å². The van der Waals surface area contributed by atoms with E-state index >= 15 is 0 Å². The predicted octanol–water partition coefficient (Wildman–Crippen LogP) is -0.679. The molecule has 0 bridgehead atoms. The largest absolute Gasteiger partial charge is 0.483 e. The van der Waals surface area contributed by atoms with E-state index in [2.05, 4.69) is 10.5 Å². The lowest BCUT2D eigenvalue weighted by Crippen LogP contribution is -2.33. The zero-order chi connectivity index (χ0) is 15.9.